The quantitative estimate of drug-likeness (QED) is 0.704. The van der Waals surface area contributed by atoms with Gasteiger partial charge in [0.05, 0.1) is 0 Å². The lowest BCUT2D eigenvalue weighted by atomic mass is 9.87. The van der Waals surface area contributed by atoms with Gasteiger partial charge in [-0.1, -0.05) is 58.4 Å². The van der Waals surface area contributed by atoms with E-state index < -0.39 is 0 Å². The summed E-state index contributed by atoms with van der Waals surface area (Å²) in [5, 5.41) is 3.67. The van der Waals surface area contributed by atoms with E-state index in [-0.39, 0.29) is 0 Å². The van der Waals surface area contributed by atoms with E-state index in [9.17, 15) is 0 Å². The van der Waals surface area contributed by atoms with E-state index in [0.717, 1.165) is 5.92 Å². The first-order chi connectivity index (χ1) is 9.96. The van der Waals surface area contributed by atoms with Crippen LogP contribution in [0.4, 0.5) is 0 Å². The van der Waals surface area contributed by atoms with Crippen molar-refractivity contribution in [1.29, 1.82) is 0 Å². The lowest BCUT2D eigenvalue weighted by Crippen LogP contribution is -2.32. The zero-order chi connectivity index (χ0) is 15.3. The molecule has 0 amide bonds. The highest BCUT2D eigenvalue weighted by atomic mass is 14.9. The smallest absolute Gasteiger partial charge is 0.0346 e. The molecular weight excluding hydrogens is 254 g/mol. The molecule has 1 saturated heterocycles. The van der Waals surface area contributed by atoms with Crippen molar-refractivity contribution in [2.45, 2.75) is 72.3 Å². The van der Waals surface area contributed by atoms with Crippen LogP contribution in [0.1, 0.15) is 77.0 Å². The molecule has 1 unspecified atom stereocenters. The zero-order valence-electron chi connectivity index (χ0n) is 14.4. The van der Waals surface area contributed by atoms with Crippen molar-refractivity contribution in [2.24, 2.45) is 11.3 Å². The Balaban J connectivity index is 1.81. The van der Waals surface area contributed by atoms with Gasteiger partial charge in [-0.05, 0) is 61.1 Å². The van der Waals surface area contributed by atoms with Crippen molar-refractivity contribution in [3.8, 4) is 0 Å². The minimum Gasteiger partial charge on any atom is -0.310 e. The molecule has 0 bridgehead atoms. The third-order valence-electron chi connectivity index (χ3n) is 4.75. The second-order valence-corrected chi connectivity index (χ2v) is 8.06. The molecule has 1 N–H and O–H groups in total. The third-order valence-corrected chi connectivity index (χ3v) is 4.75. The Labute approximate surface area is 131 Å². The van der Waals surface area contributed by atoms with E-state index >= 15 is 0 Å². The molecule has 1 aromatic rings. The summed E-state index contributed by atoms with van der Waals surface area (Å²) in [4.78, 5) is 0. The number of unbranched alkanes of at least 4 members (excludes halogenated alkanes) is 1. The van der Waals surface area contributed by atoms with Gasteiger partial charge >= 0.3 is 0 Å². The van der Waals surface area contributed by atoms with E-state index in [2.05, 4.69) is 57.3 Å². The van der Waals surface area contributed by atoms with Gasteiger partial charge in [0, 0.05) is 6.04 Å². The van der Waals surface area contributed by atoms with Gasteiger partial charge in [-0.3, -0.25) is 0 Å². The Morgan fingerprint density at radius 2 is 1.81 bits per heavy atom. The lowest BCUT2D eigenvalue weighted by Gasteiger charge is -2.30. The van der Waals surface area contributed by atoms with Crippen LogP contribution in [0, 0.1) is 11.3 Å². The molecule has 0 saturated carbocycles. The lowest BCUT2D eigenvalue weighted by molar-refractivity contribution is 0.306. The van der Waals surface area contributed by atoms with Crippen LogP contribution >= 0.6 is 0 Å². The van der Waals surface area contributed by atoms with Crippen molar-refractivity contribution in [3.63, 3.8) is 0 Å². The molecule has 2 atom stereocenters. The van der Waals surface area contributed by atoms with Crippen molar-refractivity contribution < 1.29 is 0 Å². The predicted molar refractivity (Wildman–Crippen MR) is 92.6 cm³/mol. The van der Waals surface area contributed by atoms with Gasteiger partial charge in [0.2, 0.25) is 0 Å². The molecule has 118 valence electrons. The normalized spacial score (nSPS) is 23.2. The standard InChI is InChI=1S/C20H33N/c1-16-8-7-15-21-19(16)18-12-10-17(11-13-18)9-5-6-14-20(2,3)4/h10-13,16,19,21H,5-9,14-15H2,1-4H3/t16?,19-/m0/s1. The first-order valence-corrected chi connectivity index (χ1v) is 8.78. The van der Waals surface area contributed by atoms with Crippen molar-refractivity contribution in [1.82, 2.24) is 5.32 Å². The summed E-state index contributed by atoms with van der Waals surface area (Å²) in [7, 11) is 0. The molecule has 0 spiro atoms. The largest absolute Gasteiger partial charge is 0.310 e. The summed E-state index contributed by atoms with van der Waals surface area (Å²) < 4.78 is 0. The molecule has 1 aromatic carbocycles. The average molecular weight is 287 g/mol. The van der Waals surface area contributed by atoms with Gasteiger partial charge < -0.3 is 5.32 Å². The van der Waals surface area contributed by atoms with E-state index in [1.807, 2.05) is 0 Å². The number of hydrogen-bond donors (Lipinski definition) is 1. The zero-order valence-corrected chi connectivity index (χ0v) is 14.4. The topological polar surface area (TPSA) is 12.0 Å². The molecule has 1 aliphatic rings. The SMILES string of the molecule is CC1CCCN[C@@H]1c1ccc(CCCCC(C)(C)C)cc1. The highest BCUT2D eigenvalue weighted by molar-refractivity contribution is 5.26. The van der Waals surface area contributed by atoms with Crippen LogP contribution in [0.2, 0.25) is 0 Å². The maximum Gasteiger partial charge on any atom is 0.0346 e. The Kier molecular flexibility index (Phi) is 5.87. The Morgan fingerprint density at radius 3 is 2.43 bits per heavy atom. The summed E-state index contributed by atoms with van der Waals surface area (Å²) in [5.74, 6) is 0.761. The Morgan fingerprint density at radius 1 is 1.10 bits per heavy atom. The van der Waals surface area contributed by atoms with E-state index in [1.165, 1.54) is 56.2 Å². The molecule has 1 aliphatic heterocycles. The maximum absolute atomic E-state index is 3.67. The van der Waals surface area contributed by atoms with Gasteiger partial charge in [0.15, 0.2) is 0 Å². The Bertz CT molecular complexity index is 412. The highest BCUT2D eigenvalue weighted by Crippen LogP contribution is 2.29. The van der Waals surface area contributed by atoms with Gasteiger partial charge in [-0.2, -0.15) is 0 Å². The van der Waals surface area contributed by atoms with Gasteiger partial charge in [0.1, 0.15) is 0 Å². The summed E-state index contributed by atoms with van der Waals surface area (Å²) >= 11 is 0. The van der Waals surface area contributed by atoms with Crippen molar-refractivity contribution >= 4 is 0 Å². The first-order valence-electron chi connectivity index (χ1n) is 8.78. The molecule has 1 fully saturated rings. The van der Waals surface area contributed by atoms with Crippen molar-refractivity contribution in [3.05, 3.63) is 35.4 Å². The molecule has 1 nitrogen and oxygen atoms in total. The number of rotatable bonds is 5. The van der Waals surface area contributed by atoms with Crippen LogP contribution in [0.15, 0.2) is 24.3 Å². The molecule has 0 aromatic heterocycles. The highest BCUT2D eigenvalue weighted by Gasteiger charge is 2.21. The minimum atomic E-state index is 0.479. The van der Waals surface area contributed by atoms with E-state index in [1.54, 1.807) is 0 Å². The molecule has 21 heavy (non-hydrogen) atoms. The summed E-state index contributed by atoms with van der Waals surface area (Å²) in [6.45, 7) is 10.5. The first kappa shape index (κ1) is 16.5. The molecule has 1 heterocycles. The fourth-order valence-electron chi connectivity index (χ4n) is 3.37. The summed E-state index contributed by atoms with van der Waals surface area (Å²) in [5.41, 5.74) is 3.45. The molecule has 2 rings (SSSR count). The number of aryl methyl sites for hydroxylation is 1. The van der Waals surface area contributed by atoms with Gasteiger partial charge in [0.25, 0.3) is 0 Å². The van der Waals surface area contributed by atoms with Gasteiger partial charge in [-0.15, -0.1) is 0 Å². The van der Waals surface area contributed by atoms with E-state index in [4.69, 9.17) is 0 Å². The van der Waals surface area contributed by atoms with Crippen LogP contribution in [0.3, 0.4) is 0 Å². The average Bonchev–Trinajstić information content (AvgIpc) is 2.44. The minimum absolute atomic E-state index is 0.479. The van der Waals surface area contributed by atoms with Crippen LogP contribution in [-0.2, 0) is 6.42 Å². The van der Waals surface area contributed by atoms with Gasteiger partial charge in [-0.25, -0.2) is 0 Å². The summed E-state index contributed by atoms with van der Waals surface area (Å²) in [6.07, 6.45) is 7.88. The fourth-order valence-corrected chi connectivity index (χ4v) is 3.37. The second-order valence-electron chi connectivity index (χ2n) is 8.06. The van der Waals surface area contributed by atoms with E-state index in [0.29, 0.717) is 11.5 Å². The predicted octanol–water partition coefficient (Wildman–Crippen LogP) is 5.51. The maximum atomic E-state index is 3.67. The molecule has 0 radical (unpaired) electrons. The van der Waals surface area contributed by atoms with Crippen LogP contribution in [0.25, 0.3) is 0 Å². The van der Waals surface area contributed by atoms with Crippen LogP contribution in [0.5, 0.6) is 0 Å². The summed E-state index contributed by atoms with van der Waals surface area (Å²) in [6, 6.07) is 9.94. The number of nitrogens with one attached hydrogen (secondary N) is 1. The molecular formula is C20H33N. The fraction of sp³-hybridized carbons (Fsp3) is 0.700. The monoisotopic (exact) mass is 287 g/mol. The third kappa shape index (κ3) is 5.47. The molecule has 1 heteroatoms. The second kappa shape index (κ2) is 7.45. The van der Waals surface area contributed by atoms with Crippen molar-refractivity contribution in [2.75, 3.05) is 6.54 Å². The number of piperidine rings is 1. The molecule has 0 aliphatic carbocycles. The van der Waals surface area contributed by atoms with Crippen LogP contribution in [-0.4, -0.2) is 6.54 Å². The number of hydrogen-bond acceptors (Lipinski definition) is 1. The van der Waals surface area contributed by atoms with Crippen LogP contribution < -0.4 is 5.32 Å². The Hall–Kier alpha value is -0.820. The number of benzene rings is 1.